The van der Waals surface area contributed by atoms with Crippen LogP contribution in [0.4, 0.5) is 0 Å². The van der Waals surface area contributed by atoms with Crippen LogP contribution in [0.2, 0.25) is 0 Å². The van der Waals surface area contributed by atoms with Gasteiger partial charge in [-0.15, -0.1) is 0 Å². The van der Waals surface area contributed by atoms with Gasteiger partial charge in [-0.25, -0.2) is 0 Å². The summed E-state index contributed by atoms with van der Waals surface area (Å²) in [4.78, 5) is 0. The van der Waals surface area contributed by atoms with Crippen LogP contribution in [0, 0.1) is 3.57 Å². The Balaban J connectivity index is 3.39. The van der Waals surface area contributed by atoms with Gasteiger partial charge in [0.2, 0.25) is 0 Å². The van der Waals surface area contributed by atoms with Crippen molar-refractivity contribution in [1.82, 2.24) is 13.4 Å². The standard InChI is InChI=1S/C12H21I2N3/c1-11(2,15-5)9-7-8(13)10(17(9)14)12(3,4)16-6/h7,15-16H,1-6H3. The highest BCUT2D eigenvalue weighted by atomic mass is 127. The van der Waals surface area contributed by atoms with E-state index in [2.05, 4.69) is 92.6 Å². The van der Waals surface area contributed by atoms with E-state index in [0.29, 0.717) is 0 Å². The molecule has 0 bridgehead atoms. The largest absolute Gasteiger partial charge is 0.310 e. The molecule has 1 rings (SSSR count). The van der Waals surface area contributed by atoms with Crippen molar-refractivity contribution in [1.29, 1.82) is 0 Å². The van der Waals surface area contributed by atoms with Gasteiger partial charge in [-0.05, 0) is 70.4 Å². The van der Waals surface area contributed by atoms with Crippen molar-refractivity contribution in [3.8, 4) is 0 Å². The van der Waals surface area contributed by atoms with Crippen molar-refractivity contribution in [2.24, 2.45) is 0 Å². The number of halogens is 2. The molecule has 2 N–H and O–H groups in total. The molecule has 0 amide bonds. The van der Waals surface area contributed by atoms with Crippen molar-refractivity contribution in [3.05, 3.63) is 21.0 Å². The maximum absolute atomic E-state index is 3.37. The summed E-state index contributed by atoms with van der Waals surface area (Å²) in [7, 11) is 4.00. The van der Waals surface area contributed by atoms with E-state index in [0.717, 1.165) is 0 Å². The first-order valence-corrected chi connectivity index (χ1v) is 7.68. The van der Waals surface area contributed by atoms with E-state index < -0.39 is 0 Å². The Labute approximate surface area is 132 Å². The number of rotatable bonds is 4. The monoisotopic (exact) mass is 461 g/mol. The van der Waals surface area contributed by atoms with Gasteiger partial charge >= 0.3 is 0 Å². The molecule has 5 heteroatoms. The van der Waals surface area contributed by atoms with Gasteiger partial charge in [0.25, 0.3) is 0 Å². The summed E-state index contributed by atoms with van der Waals surface area (Å²) in [6.07, 6.45) is 0. The van der Waals surface area contributed by atoms with Crippen molar-refractivity contribution < 1.29 is 0 Å². The van der Waals surface area contributed by atoms with Gasteiger partial charge in [0.1, 0.15) is 0 Å². The van der Waals surface area contributed by atoms with Crippen molar-refractivity contribution in [2.75, 3.05) is 14.1 Å². The summed E-state index contributed by atoms with van der Waals surface area (Å²) in [5.41, 5.74) is 2.56. The van der Waals surface area contributed by atoms with Crippen LogP contribution in [-0.2, 0) is 11.1 Å². The van der Waals surface area contributed by atoms with Gasteiger partial charge in [-0.2, -0.15) is 0 Å². The number of nitrogens with one attached hydrogen (secondary N) is 2. The first-order chi connectivity index (χ1) is 7.67. The second kappa shape index (κ2) is 5.34. The SMILES string of the molecule is CNC(C)(C)c1cc(I)c(C(C)(C)NC)n1I. The van der Waals surface area contributed by atoms with E-state index >= 15 is 0 Å². The average Bonchev–Trinajstić information content (AvgIpc) is 2.55. The highest BCUT2D eigenvalue weighted by Crippen LogP contribution is 2.34. The van der Waals surface area contributed by atoms with E-state index in [4.69, 9.17) is 0 Å². The van der Waals surface area contributed by atoms with Crippen molar-refractivity contribution in [2.45, 2.75) is 38.8 Å². The predicted octanol–water partition coefficient (Wildman–Crippen LogP) is 3.20. The molecule has 0 aliphatic rings. The van der Waals surface area contributed by atoms with Gasteiger partial charge in [-0.3, -0.25) is 2.78 Å². The Morgan fingerprint density at radius 2 is 1.53 bits per heavy atom. The fraction of sp³-hybridized carbons (Fsp3) is 0.667. The molecule has 0 aromatic carbocycles. The lowest BCUT2D eigenvalue weighted by molar-refractivity contribution is 0.409. The van der Waals surface area contributed by atoms with Crippen molar-refractivity contribution in [3.63, 3.8) is 0 Å². The number of aromatic nitrogens is 1. The molecular weight excluding hydrogens is 440 g/mol. The lowest BCUT2D eigenvalue weighted by Crippen LogP contribution is -2.37. The Morgan fingerprint density at radius 1 is 1.06 bits per heavy atom. The molecule has 0 unspecified atom stereocenters. The summed E-state index contributed by atoms with van der Waals surface area (Å²) < 4.78 is 3.57. The first kappa shape index (κ1) is 15.7. The minimum atomic E-state index is -0.0280. The third-order valence-corrected chi connectivity index (χ3v) is 5.20. The lowest BCUT2D eigenvalue weighted by Gasteiger charge is -2.28. The maximum Gasteiger partial charge on any atom is 0.0641 e. The fourth-order valence-electron chi connectivity index (χ4n) is 1.68. The summed E-state index contributed by atoms with van der Waals surface area (Å²) in [5, 5.41) is 6.73. The molecule has 0 saturated carbocycles. The molecule has 0 aliphatic carbocycles. The highest BCUT2D eigenvalue weighted by molar-refractivity contribution is 14.1. The first-order valence-electron chi connectivity index (χ1n) is 5.63. The Morgan fingerprint density at radius 3 is 1.94 bits per heavy atom. The molecule has 17 heavy (non-hydrogen) atoms. The summed E-state index contributed by atoms with van der Waals surface area (Å²) >= 11 is 4.81. The molecule has 0 radical (unpaired) electrons. The van der Waals surface area contributed by atoms with E-state index in [9.17, 15) is 0 Å². The molecule has 3 nitrogen and oxygen atoms in total. The molecule has 98 valence electrons. The van der Waals surface area contributed by atoms with Crippen LogP contribution >= 0.6 is 45.5 Å². The van der Waals surface area contributed by atoms with Crippen LogP contribution in [0.25, 0.3) is 0 Å². The van der Waals surface area contributed by atoms with E-state index in [-0.39, 0.29) is 11.1 Å². The van der Waals surface area contributed by atoms with E-state index in [1.807, 2.05) is 14.1 Å². The lowest BCUT2D eigenvalue weighted by atomic mass is 10.0. The Hall–Kier alpha value is 0.660. The highest BCUT2D eigenvalue weighted by Gasteiger charge is 2.31. The minimum absolute atomic E-state index is 0.0246. The molecule has 0 atom stereocenters. The normalized spacial score (nSPS) is 13.2. The molecule has 1 aromatic heterocycles. The van der Waals surface area contributed by atoms with Gasteiger partial charge in [-0.1, -0.05) is 0 Å². The molecule has 1 heterocycles. The van der Waals surface area contributed by atoms with Crippen LogP contribution in [0.1, 0.15) is 39.1 Å². The van der Waals surface area contributed by atoms with Crippen LogP contribution in [0.5, 0.6) is 0 Å². The molecular formula is C12H21I2N3. The third-order valence-electron chi connectivity index (χ3n) is 3.38. The fourth-order valence-corrected chi connectivity index (χ4v) is 4.95. The third kappa shape index (κ3) is 2.98. The molecule has 0 saturated heterocycles. The molecule has 0 fully saturated rings. The average molecular weight is 461 g/mol. The van der Waals surface area contributed by atoms with Crippen LogP contribution in [-0.4, -0.2) is 16.9 Å². The second-order valence-electron chi connectivity index (χ2n) is 5.26. The number of hydrogen-bond acceptors (Lipinski definition) is 2. The number of nitrogens with zero attached hydrogens (tertiary/aromatic N) is 1. The second-order valence-corrected chi connectivity index (χ2v) is 7.38. The minimum Gasteiger partial charge on any atom is -0.310 e. The Bertz CT molecular complexity index is 408. The zero-order valence-corrected chi connectivity index (χ0v) is 15.6. The van der Waals surface area contributed by atoms with E-state index in [1.165, 1.54) is 15.0 Å². The van der Waals surface area contributed by atoms with E-state index in [1.54, 1.807) is 0 Å². The molecule has 1 aromatic rings. The summed E-state index contributed by atoms with van der Waals surface area (Å²) in [6, 6.07) is 2.26. The smallest absolute Gasteiger partial charge is 0.0641 e. The zero-order valence-electron chi connectivity index (χ0n) is 11.3. The predicted molar refractivity (Wildman–Crippen MR) is 90.7 cm³/mol. The van der Waals surface area contributed by atoms with Gasteiger partial charge < -0.3 is 10.6 Å². The number of hydrogen-bond donors (Lipinski definition) is 2. The topological polar surface area (TPSA) is 29.0 Å². The quantitative estimate of drug-likeness (QED) is 0.675. The molecule has 0 aliphatic heterocycles. The zero-order chi connectivity index (χ0) is 13.4. The Kier molecular flexibility index (Phi) is 4.94. The molecule has 0 spiro atoms. The van der Waals surface area contributed by atoms with Gasteiger partial charge in [0.15, 0.2) is 0 Å². The van der Waals surface area contributed by atoms with Crippen LogP contribution in [0.15, 0.2) is 6.07 Å². The van der Waals surface area contributed by atoms with Crippen LogP contribution in [0.3, 0.4) is 0 Å². The maximum atomic E-state index is 3.37. The summed E-state index contributed by atoms with van der Waals surface area (Å²) in [6.45, 7) is 8.80. The van der Waals surface area contributed by atoms with Crippen LogP contribution < -0.4 is 10.6 Å². The van der Waals surface area contributed by atoms with Gasteiger partial charge in [0.05, 0.1) is 39.6 Å². The summed E-state index contributed by atoms with van der Waals surface area (Å²) in [5.74, 6) is 0. The van der Waals surface area contributed by atoms with Crippen molar-refractivity contribution >= 4 is 45.5 Å². The van der Waals surface area contributed by atoms with Gasteiger partial charge in [0, 0.05) is 9.26 Å².